The molecule has 0 saturated carbocycles. The molecule has 1 amide bonds. The van der Waals surface area contributed by atoms with Crippen LogP contribution in [0, 0.1) is 5.92 Å². The van der Waals surface area contributed by atoms with Crippen LogP contribution in [0.15, 0.2) is 48.8 Å². The van der Waals surface area contributed by atoms with Crippen LogP contribution in [0.4, 0.5) is 0 Å². The largest absolute Gasteiger partial charge is 0.352 e. The first kappa shape index (κ1) is 19.8. The molecule has 1 aromatic carbocycles. The zero-order chi connectivity index (χ0) is 19.3. The fourth-order valence-electron chi connectivity index (χ4n) is 3.14. The van der Waals surface area contributed by atoms with E-state index in [4.69, 9.17) is 11.6 Å². The van der Waals surface area contributed by atoms with Crippen molar-refractivity contribution in [1.82, 2.24) is 14.6 Å². The fourth-order valence-corrected chi connectivity index (χ4v) is 5.01. The Hall–Kier alpha value is -1.96. The van der Waals surface area contributed by atoms with E-state index in [2.05, 4.69) is 10.3 Å². The van der Waals surface area contributed by atoms with Gasteiger partial charge >= 0.3 is 0 Å². The molecule has 1 N–H and O–H groups in total. The molecular weight excluding hydrogens is 386 g/mol. The third kappa shape index (κ3) is 5.28. The number of benzene rings is 1. The molecule has 1 saturated heterocycles. The van der Waals surface area contributed by atoms with Crippen LogP contribution < -0.4 is 5.32 Å². The van der Waals surface area contributed by atoms with Gasteiger partial charge in [0, 0.05) is 43.0 Å². The predicted molar refractivity (Wildman–Crippen MR) is 104 cm³/mol. The van der Waals surface area contributed by atoms with Crippen molar-refractivity contribution in [3.8, 4) is 0 Å². The Morgan fingerprint density at radius 3 is 2.59 bits per heavy atom. The van der Waals surface area contributed by atoms with Gasteiger partial charge in [-0.3, -0.25) is 9.78 Å². The average Bonchev–Trinajstić information content (AvgIpc) is 2.69. The quantitative estimate of drug-likeness (QED) is 0.798. The molecule has 0 radical (unpaired) electrons. The third-order valence-electron chi connectivity index (χ3n) is 4.70. The van der Waals surface area contributed by atoms with Crippen LogP contribution in [0.1, 0.15) is 24.0 Å². The highest BCUT2D eigenvalue weighted by atomic mass is 35.5. The molecule has 2 aromatic rings. The van der Waals surface area contributed by atoms with Crippen LogP contribution in [-0.2, 0) is 27.1 Å². The third-order valence-corrected chi connectivity index (χ3v) is 6.90. The first-order valence-electron chi connectivity index (χ1n) is 8.83. The number of carbonyl (C=O) groups excluding carboxylic acids is 1. The molecule has 2 heterocycles. The zero-order valence-electron chi connectivity index (χ0n) is 14.8. The normalized spacial score (nSPS) is 16.2. The topological polar surface area (TPSA) is 79.4 Å². The molecule has 1 aromatic heterocycles. The number of carbonyl (C=O) groups is 1. The van der Waals surface area contributed by atoms with E-state index >= 15 is 0 Å². The van der Waals surface area contributed by atoms with Crippen molar-refractivity contribution in [3.63, 3.8) is 0 Å². The first-order chi connectivity index (χ1) is 13.0. The van der Waals surface area contributed by atoms with E-state index in [1.54, 1.807) is 36.7 Å². The van der Waals surface area contributed by atoms with Crippen LogP contribution in [0.2, 0.25) is 5.02 Å². The number of hydrogen-bond acceptors (Lipinski definition) is 4. The van der Waals surface area contributed by atoms with Crippen molar-refractivity contribution in [2.75, 3.05) is 13.1 Å². The highest BCUT2D eigenvalue weighted by molar-refractivity contribution is 7.88. The summed E-state index contributed by atoms with van der Waals surface area (Å²) < 4.78 is 26.8. The van der Waals surface area contributed by atoms with Crippen molar-refractivity contribution in [2.24, 2.45) is 5.92 Å². The van der Waals surface area contributed by atoms with Crippen LogP contribution in [0.3, 0.4) is 0 Å². The minimum atomic E-state index is -3.45. The zero-order valence-corrected chi connectivity index (χ0v) is 16.4. The number of pyridine rings is 1. The van der Waals surface area contributed by atoms with Crippen LogP contribution in [-0.4, -0.2) is 36.7 Å². The van der Waals surface area contributed by atoms with Crippen molar-refractivity contribution in [3.05, 3.63) is 64.9 Å². The summed E-state index contributed by atoms with van der Waals surface area (Å²) >= 11 is 6.08. The van der Waals surface area contributed by atoms with E-state index in [-0.39, 0.29) is 17.6 Å². The Morgan fingerprint density at radius 1 is 1.19 bits per heavy atom. The van der Waals surface area contributed by atoms with Gasteiger partial charge in [0.1, 0.15) is 0 Å². The maximum absolute atomic E-state index is 12.7. The second-order valence-corrected chi connectivity index (χ2v) is 8.98. The van der Waals surface area contributed by atoms with Crippen molar-refractivity contribution in [1.29, 1.82) is 0 Å². The summed E-state index contributed by atoms with van der Waals surface area (Å²) in [5, 5.41) is 3.35. The van der Waals surface area contributed by atoms with E-state index in [0.29, 0.717) is 43.1 Å². The van der Waals surface area contributed by atoms with Gasteiger partial charge in [-0.25, -0.2) is 12.7 Å². The van der Waals surface area contributed by atoms with Crippen molar-refractivity contribution in [2.45, 2.75) is 25.1 Å². The summed E-state index contributed by atoms with van der Waals surface area (Å²) in [6, 6.07) is 10.7. The number of amides is 1. The maximum atomic E-state index is 12.7. The number of nitrogens with one attached hydrogen (secondary N) is 1. The van der Waals surface area contributed by atoms with Gasteiger partial charge in [0.2, 0.25) is 15.9 Å². The van der Waals surface area contributed by atoms with E-state index in [1.165, 1.54) is 4.31 Å². The van der Waals surface area contributed by atoms with Crippen LogP contribution >= 0.6 is 11.6 Å². The van der Waals surface area contributed by atoms with Crippen LogP contribution in [0.5, 0.6) is 0 Å². The Bertz CT molecular complexity index is 882. The highest BCUT2D eigenvalue weighted by Crippen LogP contribution is 2.24. The molecule has 0 spiro atoms. The van der Waals surface area contributed by atoms with E-state index < -0.39 is 10.0 Å². The lowest BCUT2D eigenvalue weighted by atomic mass is 9.97. The molecule has 1 fully saturated rings. The molecule has 0 unspecified atom stereocenters. The Morgan fingerprint density at radius 2 is 1.93 bits per heavy atom. The standard InChI is InChI=1S/C19H22ClN3O3S/c20-18-6-2-1-5-17(18)14-27(25,26)23-10-7-16(8-11-23)19(24)22-13-15-4-3-9-21-12-15/h1-6,9,12,16H,7-8,10-11,13-14H2,(H,22,24). The van der Waals surface area contributed by atoms with E-state index in [9.17, 15) is 13.2 Å². The first-order valence-corrected chi connectivity index (χ1v) is 10.8. The SMILES string of the molecule is O=C(NCc1cccnc1)C1CCN(S(=O)(=O)Cc2ccccc2Cl)CC1. The Kier molecular flexibility index (Phi) is 6.46. The smallest absolute Gasteiger partial charge is 0.223 e. The predicted octanol–water partition coefficient (Wildman–Crippen LogP) is 2.59. The molecule has 0 bridgehead atoms. The molecule has 144 valence electrons. The molecule has 1 aliphatic heterocycles. The minimum Gasteiger partial charge on any atom is -0.352 e. The van der Waals surface area contributed by atoms with Gasteiger partial charge < -0.3 is 5.32 Å². The number of hydrogen-bond donors (Lipinski definition) is 1. The molecule has 3 rings (SSSR count). The Labute approximate surface area is 164 Å². The lowest BCUT2D eigenvalue weighted by molar-refractivity contribution is -0.126. The number of nitrogens with zero attached hydrogens (tertiary/aromatic N) is 2. The lowest BCUT2D eigenvalue weighted by Crippen LogP contribution is -2.43. The fraction of sp³-hybridized carbons (Fsp3) is 0.368. The molecule has 1 aliphatic rings. The summed E-state index contributed by atoms with van der Waals surface area (Å²) in [5.74, 6) is -0.333. The summed E-state index contributed by atoms with van der Waals surface area (Å²) in [6.07, 6.45) is 4.43. The monoisotopic (exact) mass is 407 g/mol. The van der Waals surface area contributed by atoms with Gasteiger partial charge in [0.05, 0.1) is 5.75 Å². The van der Waals surface area contributed by atoms with E-state index in [0.717, 1.165) is 5.56 Å². The molecule has 0 atom stereocenters. The number of rotatable bonds is 6. The number of halogens is 1. The van der Waals surface area contributed by atoms with Crippen LogP contribution in [0.25, 0.3) is 0 Å². The maximum Gasteiger partial charge on any atom is 0.223 e. The number of aromatic nitrogens is 1. The molecule has 27 heavy (non-hydrogen) atoms. The summed E-state index contributed by atoms with van der Waals surface area (Å²) in [5.41, 5.74) is 1.53. The van der Waals surface area contributed by atoms with Gasteiger partial charge in [-0.15, -0.1) is 0 Å². The lowest BCUT2D eigenvalue weighted by Gasteiger charge is -2.30. The molecule has 8 heteroatoms. The van der Waals surface area contributed by atoms with Gasteiger partial charge in [-0.1, -0.05) is 35.9 Å². The summed E-state index contributed by atoms with van der Waals surface area (Å²) in [4.78, 5) is 16.4. The second kappa shape index (κ2) is 8.82. The molecule has 0 aliphatic carbocycles. The van der Waals surface area contributed by atoms with Gasteiger partial charge in [-0.2, -0.15) is 0 Å². The van der Waals surface area contributed by atoms with Gasteiger partial charge in [0.25, 0.3) is 0 Å². The molecule has 6 nitrogen and oxygen atoms in total. The molecular formula is C19H22ClN3O3S. The summed E-state index contributed by atoms with van der Waals surface area (Å²) in [6.45, 7) is 1.12. The van der Waals surface area contributed by atoms with E-state index in [1.807, 2.05) is 12.1 Å². The summed E-state index contributed by atoms with van der Waals surface area (Å²) in [7, 11) is -3.45. The highest BCUT2D eigenvalue weighted by Gasteiger charge is 2.31. The number of sulfonamides is 1. The average molecular weight is 408 g/mol. The number of piperidine rings is 1. The van der Waals surface area contributed by atoms with Crippen molar-refractivity contribution >= 4 is 27.5 Å². The van der Waals surface area contributed by atoms with Gasteiger partial charge in [-0.05, 0) is 36.1 Å². The minimum absolute atomic E-state index is 0.0398. The van der Waals surface area contributed by atoms with Gasteiger partial charge in [0.15, 0.2) is 0 Å². The second-order valence-electron chi connectivity index (χ2n) is 6.60. The van der Waals surface area contributed by atoms with Crippen molar-refractivity contribution < 1.29 is 13.2 Å². The Balaban J connectivity index is 1.52.